The quantitative estimate of drug-likeness (QED) is 0.421. The number of benzene rings is 1. The van der Waals surface area contributed by atoms with E-state index in [1.54, 1.807) is 18.2 Å². The van der Waals surface area contributed by atoms with Crippen molar-refractivity contribution < 1.29 is 28.5 Å². The van der Waals surface area contributed by atoms with Crippen molar-refractivity contribution in [1.82, 2.24) is 4.90 Å². The average molecular weight is 289 g/mol. The maximum atomic E-state index is 12.0. The number of hydrogen-bond acceptors (Lipinski definition) is 7. The maximum absolute atomic E-state index is 12.0. The van der Waals surface area contributed by atoms with Gasteiger partial charge in [-0.2, -0.15) is 0 Å². The molecular weight excluding hydrogens is 277 g/mol. The smallest absolute Gasteiger partial charge is 0.492 e. The van der Waals surface area contributed by atoms with Gasteiger partial charge >= 0.3 is 19.1 Å². The van der Waals surface area contributed by atoms with E-state index in [0.29, 0.717) is 0 Å². The summed E-state index contributed by atoms with van der Waals surface area (Å²) in [7, 11) is -0.300. The first-order valence-corrected chi connectivity index (χ1v) is 6.18. The highest BCUT2D eigenvalue weighted by Crippen LogP contribution is 2.06. The van der Waals surface area contributed by atoms with E-state index in [-0.39, 0.29) is 18.7 Å². The zero-order valence-electron chi connectivity index (χ0n) is 11.3. The monoisotopic (exact) mass is 289 g/mol. The van der Waals surface area contributed by atoms with Crippen molar-refractivity contribution in [3.8, 4) is 0 Å². The topological polar surface area (TPSA) is 90.0 Å². The van der Waals surface area contributed by atoms with Crippen molar-refractivity contribution in [2.24, 2.45) is 0 Å². The van der Waals surface area contributed by atoms with Gasteiger partial charge in [0, 0.05) is 5.56 Å². The second kappa shape index (κ2) is 6.32. The number of carbonyl (C=O) groups is 4. The van der Waals surface area contributed by atoms with Crippen LogP contribution in [-0.2, 0) is 23.7 Å². The highest BCUT2D eigenvalue weighted by molar-refractivity contribution is 6.95. The normalized spacial score (nSPS) is 16.5. The second-order valence-electron chi connectivity index (χ2n) is 4.54. The number of hydrogen-bond donors (Lipinski definition) is 0. The molecular formula is C13H12BNO6. The second-order valence-corrected chi connectivity index (χ2v) is 4.54. The molecule has 0 bridgehead atoms. The molecule has 1 saturated heterocycles. The lowest BCUT2D eigenvalue weighted by Gasteiger charge is -2.21. The van der Waals surface area contributed by atoms with Gasteiger partial charge in [0.15, 0.2) is 0 Å². The summed E-state index contributed by atoms with van der Waals surface area (Å²) in [6.45, 7) is -0.336. The van der Waals surface area contributed by atoms with E-state index < -0.39 is 30.5 Å². The van der Waals surface area contributed by atoms with E-state index in [1.807, 2.05) is 0 Å². The fourth-order valence-corrected chi connectivity index (χ4v) is 1.78. The van der Waals surface area contributed by atoms with E-state index in [9.17, 15) is 19.2 Å². The van der Waals surface area contributed by atoms with Gasteiger partial charge in [0.1, 0.15) is 0 Å². The number of ketones is 1. The SMILES string of the molecule is CN1CC(=O)OB(C(=O)C(=O)c2ccccc2)OC(=O)C1. The van der Waals surface area contributed by atoms with E-state index in [4.69, 9.17) is 9.31 Å². The lowest BCUT2D eigenvalue weighted by molar-refractivity contribution is -0.147. The zero-order chi connectivity index (χ0) is 15.4. The van der Waals surface area contributed by atoms with Crippen LogP contribution in [0.15, 0.2) is 30.3 Å². The van der Waals surface area contributed by atoms with Gasteiger partial charge in [0.2, 0.25) is 5.78 Å². The van der Waals surface area contributed by atoms with E-state index in [1.165, 1.54) is 24.1 Å². The first kappa shape index (κ1) is 14.9. The molecule has 0 radical (unpaired) electrons. The van der Waals surface area contributed by atoms with Gasteiger partial charge in [-0.25, -0.2) is 0 Å². The average Bonchev–Trinajstić information content (AvgIpc) is 2.44. The molecule has 0 atom stereocenters. The molecule has 1 aromatic rings. The Morgan fingerprint density at radius 3 is 2.10 bits per heavy atom. The molecule has 8 heteroatoms. The summed E-state index contributed by atoms with van der Waals surface area (Å²) in [5, 5.41) is 0. The molecule has 0 spiro atoms. The van der Waals surface area contributed by atoms with Crippen LogP contribution in [0.3, 0.4) is 0 Å². The molecule has 1 heterocycles. The number of likely N-dealkylation sites (N-methyl/N-ethyl adjacent to an activating group) is 1. The molecule has 1 fully saturated rings. The summed E-state index contributed by atoms with van der Waals surface area (Å²) in [5.41, 5.74) is -0.957. The largest absolute Gasteiger partial charge is 0.683 e. The van der Waals surface area contributed by atoms with Crippen molar-refractivity contribution >= 4 is 30.5 Å². The first-order valence-electron chi connectivity index (χ1n) is 6.18. The van der Waals surface area contributed by atoms with Gasteiger partial charge in [0.05, 0.1) is 13.1 Å². The van der Waals surface area contributed by atoms with Crippen LogP contribution in [0.2, 0.25) is 0 Å². The van der Waals surface area contributed by atoms with Crippen molar-refractivity contribution in [2.75, 3.05) is 20.1 Å². The molecule has 0 amide bonds. The number of Topliss-reactive ketones (excluding diaryl/α,β-unsaturated/α-hetero) is 1. The molecule has 1 aromatic carbocycles. The van der Waals surface area contributed by atoms with Crippen LogP contribution in [0.1, 0.15) is 10.4 Å². The molecule has 0 aromatic heterocycles. The summed E-state index contributed by atoms with van der Waals surface area (Å²) >= 11 is 0. The predicted molar refractivity (Wildman–Crippen MR) is 71.2 cm³/mol. The molecule has 0 aliphatic carbocycles. The molecule has 0 N–H and O–H groups in total. The van der Waals surface area contributed by atoms with Gasteiger partial charge < -0.3 is 9.31 Å². The molecule has 2 rings (SSSR count). The van der Waals surface area contributed by atoms with Gasteiger partial charge in [-0.1, -0.05) is 30.3 Å². The van der Waals surface area contributed by atoms with E-state index in [2.05, 4.69) is 0 Å². The predicted octanol–water partition coefficient (Wildman–Crippen LogP) is -0.502. The van der Waals surface area contributed by atoms with E-state index >= 15 is 0 Å². The minimum Gasteiger partial charge on any atom is -0.492 e. The van der Waals surface area contributed by atoms with Crippen LogP contribution < -0.4 is 0 Å². The number of rotatable bonds is 3. The van der Waals surface area contributed by atoms with Crippen molar-refractivity contribution in [2.45, 2.75) is 0 Å². The van der Waals surface area contributed by atoms with Gasteiger partial charge in [0.25, 0.3) is 5.68 Å². The fourth-order valence-electron chi connectivity index (χ4n) is 1.78. The highest BCUT2D eigenvalue weighted by atomic mass is 16.6. The van der Waals surface area contributed by atoms with Crippen LogP contribution in [0.25, 0.3) is 0 Å². The lowest BCUT2D eigenvalue weighted by atomic mass is 9.78. The Balaban J connectivity index is 2.15. The summed E-state index contributed by atoms with van der Waals surface area (Å²) in [6.07, 6.45) is 0. The summed E-state index contributed by atoms with van der Waals surface area (Å²) in [4.78, 5) is 48.4. The third kappa shape index (κ3) is 3.76. The third-order valence-electron chi connectivity index (χ3n) is 2.75. The van der Waals surface area contributed by atoms with Crippen molar-refractivity contribution in [1.29, 1.82) is 0 Å². The van der Waals surface area contributed by atoms with Crippen LogP contribution in [-0.4, -0.2) is 55.6 Å². The maximum Gasteiger partial charge on any atom is 0.683 e. The Hall–Kier alpha value is -2.48. The highest BCUT2D eigenvalue weighted by Gasteiger charge is 2.43. The van der Waals surface area contributed by atoms with E-state index in [0.717, 1.165) is 0 Å². The first-order chi connectivity index (χ1) is 9.97. The van der Waals surface area contributed by atoms with Crippen LogP contribution in [0, 0.1) is 0 Å². The zero-order valence-corrected chi connectivity index (χ0v) is 11.3. The van der Waals surface area contributed by atoms with Crippen LogP contribution >= 0.6 is 0 Å². The minimum atomic E-state index is -1.83. The molecule has 0 unspecified atom stereocenters. The Morgan fingerprint density at radius 2 is 1.57 bits per heavy atom. The Kier molecular flexibility index (Phi) is 4.49. The molecule has 7 nitrogen and oxygen atoms in total. The van der Waals surface area contributed by atoms with Gasteiger partial charge in [-0.05, 0) is 7.05 Å². The standard InChI is InChI=1S/C13H12BNO6/c1-15-7-10(16)20-14(21-11(17)8-15)13(19)12(18)9-5-3-2-4-6-9/h2-6H,7-8H2,1H3. The summed E-state index contributed by atoms with van der Waals surface area (Å²) in [6, 6.07) is 7.76. The number of nitrogens with zero attached hydrogens (tertiary/aromatic N) is 1. The van der Waals surface area contributed by atoms with Crippen LogP contribution in [0.4, 0.5) is 0 Å². The molecule has 1 aliphatic heterocycles. The van der Waals surface area contributed by atoms with Crippen LogP contribution in [0.5, 0.6) is 0 Å². The Labute approximate surface area is 121 Å². The van der Waals surface area contributed by atoms with Crippen molar-refractivity contribution in [3.05, 3.63) is 35.9 Å². The molecule has 21 heavy (non-hydrogen) atoms. The summed E-state index contributed by atoms with van der Waals surface area (Å²) < 4.78 is 9.49. The Morgan fingerprint density at radius 1 is 1.05 bits per heavy atom. The number of carbonyl (C=O) groups excluding carboxylic acids is 4. The fraction of sp³-hybridized carbons (Fsp3) is 0.231. The minimum absolute atomic E-state index is 0.133. The molecule has 1 aliphatic rings. The summed E-state index contributed by atoms with van der Waals surface area (Å²) in [5.74, 6) is -2.37. The Bertz CT molecular complexity index is 568. The lowest BCUT2D eigenvalue weighted by Crippen LogP contribution is -2.48. The molecule has 108 valence electrons. The van der Waals surface area contributed by atoms with Crippen molar-refractivity contribution in [3.63, 3.8) is 0 Å². The van der Waals surface area contributed by atoms with Gasteiger partial charge in [-0.3, -0.25) is 24.1 Å². The third-order valence-corrected chi connectivity index (χ3v) is 2.75. The van der Waals surface area contributed by atoms with Gasteiger partial charge in [-0.15, -0.1) is 0 Å². The molecule has 0 saturated carbocycles.